The molecule has 1 aliphatic rings. The molecule has 1 saturated heterocycles. The number of methoxy groups -OCH3 is 1. The third kappa shape index (κ3) is 3.49. The minimum Gasteiger partial charge on any atom is -0.494 e. The molecule has 1 aliphatic heterocycles. The van der Waals surface area contributed by atoms with Gasteiger partial charge in [0.05, 0.1) is 29.8 Å². The van der Waals surface area contributed by atoms with Crippen molar-refractivity contribution >= 4 is 17.3 Å². The number of anilines is 1. The number of amides is 1. The SMILES string of the molecule is COc1cc([N+](=O)[O-])ccc1NC(=O)C1NCCCC1C. The Morgan fingerprint density at radius 2 is 2.29 bits per heavy atom. The molecule has 0 saturated carbocycles. The molecule has 0 radical (unpaired) electrons. The third-order valence-electron chi connectivity index (χ3n) is 3.71. The smallest absolute Gasteiger partial charge is 0.273 e. The second kappa shape index (κ2) is 6.53. The van der Waals surface area contributed by atoms with Crippen molar-refractivity contribution in [3.05, 3.63) is 28.3 Å². The molecule has 2 N–H and O–H groups in total. The van der Waals surface area contributed by atoms with Crippen LogP contribution in [0.5, 0.6) is 5.75 Å². The number of hydrogen-bond acceptors (Lipinski definition) is 5. The number of rotatable bonds is 4. The first-order valence-corrected chi connectivity index (χ1v) is 6.89. The van der Waals surface area contributed by atoms with Gasteiger partial charge in [0, 0.05) is 6.07 Å². The molecule has 1 aromatic carbocycles. The Kier molecular flexibility index (Phi) is 4.74. The summed E-state index contributed by atoms with van der Waals surface area (Å²) in [5.74, 6) is 0.387. The predicted molar refractivity (Wildman–Crippen MR) is 78.5 cm³/mol. The van der Waals surface area contributed by atoms with Gasteiger partial charge >= 0.3 is 0 Å². The van der Waals surface area contributed by atoms with E-state index in [4.69, 9.17) is 4.74 Å². The minimum absolute atomic E-state index is 0.0750. The maximum Gasteiger partial charge on any atom is 0.273 e. The number of nitrogens with zero attached hydrogens (tertiary/aromatic N) is 1. The number of carbonyl (C=O) groups excluding carboxylic acids is 1. The molecule has 1 aromatic rings. The van der Waals surface area contributed by atoms with Crippen molar-refractivity contribution in [3.63, 3.8) is 0 Å². The maximum absolute atomic E-state index is 12.3. The van der Waals surface area contributed by atoms with Crippen LogP contribution < -0.4 is 15.4 Å². The Morgan fingerprint density at radius 1 is 1.52 bits per heavy atom. The highest BCUT2D eigenvalue weighted by molar-refractivity contribution is 5.96. The van der Waals surface area contributed by atoms with Gasteiger partial charge in [0.15, 0.2) is 0 Å². The summed E-state index contributed by atoms with van der Waals surface area (Å²) in [5, 5.41) is 16.7. The van der Waals surface area contributed by atoms with Gasteiger partial charge in [-0.3, -0.25) is 14.9 Å². The third-order valence-corrected chi connectivity index (χ3v) is 3.71. The molecule has 7 nitrogen and oxygen atoms in total. The fourth-order valence-corrected chi connectivity index (χ4v) is 2.51. The lowest BCUT2D eigenvalue weighted by molar-refractivity contribution is -0.384. The van der Waals surface area contributed by atoms with Crippen LogP contribution in [0.2, 0.25) is 0 Å². The van der Waals surface area contributed by atoms with Crippen LogP contribution in [0.4, 0.5) is 11.4 Å². The summed E-state index contributed by atoms with van der Waals surface area (Å²) < 4.78 is 5.11. The molecular weight excluding hydrogens is 274 g/mol. The number of piperidine rings is 1. The zero-order valence-electron chi connectivity index (χ0n) is 12.1. The highest BCUT2D eigenvalue weighted by Gasteiger charge is 2.28. The van der Waals surface area contributed by atoms with Gasteiger partial charge in [-0.2, -0.15) is 0 Å². The quantitative estimate of drug-likeness (QED) is 0.653. The zero-order valence-corrected chi connectivity index (χ0v) is 12.1. The average molecular weight is 293 g/mol. The topological polar surface area (TPSA) is 93.5 Å². The summed E-state index contributed by atoms with van der Waals surface area (Å²) in [6.07, 6.45) is 2.06. The van der Waals surface area contributed by atoms with Gasteiger partial charge in [0.1, 0.15) is 5.75 Å². The van der Waals surface area contributed by atoms with Crippen LogP contribution in [0.1, 0.15) is 19.8 Å². The fourth-order valence-electron chi connectivity index (χ4n) is 2.51. The number of non-ortho nitro benzene ring substituents is 1. The van der Waals surface area contributed by atoms with E-state index in [9.17, 15) is 14.9 Å². The first-order valence-electron chi connectivity index (χ1n) is 6.89. The number of nitro benzene ring substituents is 1. The monoisotopic (exact) mass is 293 g/mol. The molecule has 2 rings (SSSR count). The number of benzene rings is 1. The van der Waals surface area contributed by atoms with Gasteiger partial charge in [-0.1, -0.05) is 6.92 Å². The highest BCUT2D eigenvalue weighted by atomic mass is 16.6. The lowest BCUT2D eigenvalue weighted by atomic mass is 9.92. The summed E-state index contributed by atoms with van der Waals surface area (Å²) >= 11 is 0. The number of hydrogen-bond donors (Lipinski definition) is 2. The number of nitro groups is 1. The van der Waals surface area contributed by atoms with Crippen LogP contribution in [0.15, 0.2) is 18.2 Å². The van der Waals surface area contributed by atoms with Crippen molar-refractivity contribution in [3.8, 4) is 5.75 Å². The van der Waals surface area contributed by atoms with Crippen molar-refractivity contribution in [2.75, 3.05) is 19.0 Å². The Morgan fingerprint density at radius 3 is 2.90 bits per heavy atom. The molecule has 21 heavy (non-hydrogen) atoms. The first kappa shape index (κ1) is 15.2. The highest BCUT2D eigenvalue weighted by Crippen LogP contribution is 2.29. The molecule has 0 spiro atoms. The van der Waals surface area contributed by atoms with Gasteiger partial charge in [-0.25, -0.2) is 0 Å². The lowest BCUT2D eigenvalue weighted by Crippen LogP contribution is -2.48. The second-order valence-electron chi connectivity index (χ2n) is 5.18. The number of nitrogens with one attached hydrogen (secondary N) is 2. The van der Waals surface area contributed by atoms with Crippen molar-refractivity contribution in [2.45, 2.75) is 25.8 Å². The van der Waals surface area contributed by atoms with Gasteiger partial charge < -0.3 is 15.4 Å². The average Bonchev–Trinajstić information content (AvgIpc) is 2.47. The van der Waals surface area contributed by atoms with Crippen LogP contribution in [0, 0.1) is 16.0 Å². The summed E-state index contributed by atoms with van der Waals surface area (Å²) in [6, 6.07) is 3.88. The van der Waals surface area contributed by atoms with Crippen molar-refractivity contribution in [1.82, 2.24) is 5.32 Å². The normalized spacial score (nSPS) is 21.6. The molecule has 1 heterocycles. The molecule has 2 atom stereocenters. The van der Waals surface area contributed by atoms with Crippen molar-refractivity contribution in [2.24, 2.45) is 5.92 Å². The Hall–Kier alpha value is -2.15. The number of ether oxygens (including phenoxy) is 1. The van der Waals surface area contributed by atoms with E-state index in [2.05, 4.69) is 10.6 Å². The summed E-state index contributed by atoms with van der Waals surface area (Å²) in [6.45, 7) is 2.85. The van der Waals surface area contributed by atoms with Gasteiger partial charge in [0.2, 0.25) is 5.91 Å². The first-order chi connectivity index (χ1) is 10.0. The minimum atomic E-state index is -0.501. The van der Waals surface area contributed by atoms with Gasteiger partial charge in [-0.15, -0.1) is 0 Å². The lowest BCUT2D eigenvalue weighted by Gasteiger charge is -2.29. The van der Waals surface area contributed by atoms with Crippen LogP contribution >= 0.6 is 0 Å². The summed E-state index contributed by atoms with van der Waals surface area (Å²) in [5.41, 5.74) is 0.363. The van der Waals surface area contributed by atoms with E-state index in [0.717, 1.165) is 19.4 Å². The van der Waals surface area contributed by atoms with Crippen molar-refractivity contribution < 1.29 is 14.5 Å². The number of carbonyl (C=O) groups is 1. The van der Waals surface area contributed by atoms with Crippen LogP contribution in [-0.2, 0) is 4.79 Å². The summed E-state index contributed by atoms with van der Waals surface area (Å²) in [4.78, 5) is 22.5. The van der Waals surface area contributed by atoms with E-state index in [1.807, 2.05) is 6.92 Å². The van der Waals surface area contributed by atoms with E-state index >= 15 is 0 Å². The molecule has 114 valence electrons. The van der Waals surface area contributed by atoms with Crippen LogP contribution in [-0.4, -0.2) is 30.5 Å². The molecule has 2 unspecified atom stereocenters. The standard InChI is InChI=1S/C14H19N3O4/c1-9-4-3-7-15-13(9)14(18)16-11-6-5-10(17(19)20)8-12(11)21-2/h5-6,8-9,13,15H,3-4,7H2,1-2H3,(H,16,18). The van der Waals surface area contributed by atoms with E-state index < -0.39 is 4.92 Å². The molecule has 1 amide bonds. The van der Waals surface area contributed by atoms with Gasteiger partial charge in [-0.05, 0) is 31.4 Å². The maximum atomic E-state index is 12.3. The predicted octanol–water partition coefficient (Wildman–Crippen LogP) is 1.93. The van der Waals surface area contributed by atoms with E-state index in [0.29, 0.717) is 5.69 Å². The zero-order chi connectivity index (χ0) is 15.4. The summed E-state index contributed by atoms with van der Waals surface area (Å²) in [7, 11) is 1.41. The Balaban J connectivity index is 2.14. The molecule has 0 aliphatic carbocycles. The molecule has 0 aromatic heterocycles. The van der Waals surface area contributed by atoms with E-state index in [1.54, 1.807) is 0 Å². The van der Waals surface area contributed by atoms with Crippen molar-refractivity contribution in [1.29, 1.82) is 0 Å². The fraction of sp³-hybridized carbons (Fsp3) is 0.500. The Labute approximate surface area is 122 Å². The largest absolute Gasteiger partial charge is 0.494 e. The van der Waals surface area contributed by atoms with Gasteiger partial charge in [0.25, 0.3) is 5.69 Å². The van der Waals surface area contributed by atoms with E-state index in [1.165, 1.54) is 25.3 Å². The van der Waals surface area contributed by atoms with E-state index in [-0.39, 0.29) is 29.3 Å². The van der Waals surface area contributed by atoms with Crippen LogP contribution in [0.25, 0.3) is 0 Å². The van der Waals surface area contributed by atoms with Crippen LogP contribution in [0.3, 0.4) is 0 Å². The second-order valence-corrected chi connectivity index (χ2v) is 5.18. The molecule has 1 fully saturated rings. The molecule has 0 bridgehead atoms. The molecule has 7 heteroatoms. The molecular formula is C14H19N3O4. The Bertz CT molecular complexity index is 547.